The lowest BCUT2D eigenvalue weighted by atomic mass is 9.85. The summed E-state index contributed by atoms with van der Waals surface area (Å²) in [6.07, 6.45) is -3.48. The zero-order valence-corrected chi connectivity index (χ0v) is 12.8. The van der Waals surface area contributed by atoms with Crippen molar-refractivity contribution >= 4 is 10.0 Å². The Morgan fingerprint density at radius 1 is 1.18 bits per heavy atom. The molecule has 1 N–H and O–H groups in total. The van der Waals surface area contributed by atoms with Gasteiger partial charge in [-0.3, -0.25) is 0 Å². The van der Waals surface area contributed by atoms with Gasteiger partial charge >= 0.3 is 6.18 Å². The summed E-state index contributed by atoms with van der Waals surface area (Å²) >= 11 is 0. The highest BCUT2D eigenvalue weighted by Gasteiger charge is 2.46. The molecule has 1 saturated carbocycles. The van der Waals surface area contributed by atoms with E-state index in [0.29, 0.717) is 12.8 Å². The molecule has 124 valence electrons. The highest BCUT2D eigenvalue weighted by atomic mass is 32.2. The molecule has 1 aliphatic rings. The van der Waals surface area contributed by atoms with E-state index in [9.17, 15) is 26.0 Å². The summed E-state index contributed by atoms with van der Waals surface area (Å²) < 4.78 is 79.0. The monoisotopic (exact) mass is 339 g/mol. The molecule has 8 heteroatoms. The molecule has 0 spiro atoms. The van der Waals surface area contributed by atoms with Crippen molar-refractivity contribution in [2.45, 2.75) is 49.7 Å². The number of rotatable bonds is 3. The Labute approximate surface area is 126 Å². The van der Waals surface area contributed by atoms with Crippen molar-refractivity contribution in [3.8, 4) is 0 Å². The van der Waals surface area contributed by atoms with E-state index >= 15 is 0 Å². The summed E-state index contributed by atoms with van der Waals surface area (Å²) in [6.45, 7) is 1.47. The van der Waals surface area contributed by atoms with Crippen LogP contribution in [-0.2, 0) is 10.0 Å². The average molecular weight is 339 g/mol. The number of hydrogen-bond donors (Lipinski definition) is 1. The Hall–Kier alpha value is -1.15. The van der Waals surface area contributed by atoms with Crippen molar-refractivity contribution in [3.63, 3.8) is 0 Å². The van der Waals surface area contributed by atoms with Crippen molar-refractivity contribution < 1.29 is 26.0 Å². The van der Waals surface area contributed by atoms with E-state index in [1.54, 1.807) is 0 Å². The lowest BCUT2D eigenvalue weighted by molar-refractivity contribution is -0.187. The van der Waals surface area contributed by atoms with E-state index in [0.717, 1.165) is 12.1 Å². The van der Waals surface area contributed by atoms with E-state index in [2.05, 4.69) is 4.72 Å². The molecule has 1 aromatic rings. The third kappa shape index (κ3) is 3.78. The maximum Gasteiger partial charge on any atom is 0.393 e. The molecule has 2 rings (SSSR count). The van der Waals surface area contributed by atoms with Crippen LogP contribution in [0.25, 0.3) is 0 Å². The maximum absolute atomic E-state index is 13.2. The van der Waals surface area contributed by atoms with Gasteiger partial charge in [-0.2, -0.15) is 13.2 Å². The van der Waals surface area contributed by atoms with Gasteiger partial charge in [-0.15, -0.1) is 0 Å². The van der Waals surface area contributed by atoms with Crippen molar-refractivity contribution in [1.29, 1.82) is 0 Å². The number of alkyl halides is 3. The molecule has 2 atom stereocenters. The summed E-state index contributed by atoms with van der Waals surface area (Å²) in [6, 6.07) is 2.00. The van der Waals surface area contributed by atoms with E-state index in [-0.39, 0.29) is 23.3 Å². The minimum absolute atomic E-state index is 0.0984. The van der Waals surface area contributed by atoms with E-state index < -0.39 is 34.0 Å². The Balaban J connectivity index is 2.29. The zero-order chi connectivity index (χ0) is 16.5. The van der Waals surface area contributed by atoms with Gasteiger partial charge in [-0.05, 0) is 37.5 Å². The number of aryl methyl sites for hydroxylation is 1. The Kier molecular flexibility index (Phi) is 4.81. The molecular weight excluding hydrogens is 322 g/mol. The number of nitrogens with one attached hydrogen (secondary N) is 1. The first kappa shape index (κ1) is 17.2. The van der Waals surface area contributed by atoms with Crippen molar-refractivity contribution in [1.82, 2.24) is 4.72 Å². The van der Waals surface area contributed by atoms with Crippen molar-refractivity contribution in [2.24, 2.45) is 5.92 Å². The Morgan fingerprint density at radius 2 is 1.82 bits per heavy atom. The molecule has 1 aromatic carbocycles. The second-order valence-corrected chi connectivity index (χ2v) is 7.25. The molecule has 1 fully saturated rings. The number of sulfonamides is 1. The normalized spacial score (nSPS) is 23.5. The zero-order valence-electron chi connectivity index (χ0n) is 12.0. The van der Waals surface area contributed by atoms with E-state index in [1.165, 1.54) is 13.0 Å². The van der Waals surface area contributed by atoms with Crippen LogP contribution in [0.5, 0.6) is 0 Å². The predicted octanol–water partition coefficient (Wildman–Crippen LogP) is 3.53. The number of halogens is 4. The quantitative estimate of drug-likeness (QED) is 0.857. The van der Waals surface area contributed by atoms with Crippen LogP contribution in [0.15, 0.2) is 23.1 Å². The van der Waals surface area contributed by atoms with Crippen LogP contribution in [0.2, 0.25) is 0 Å². The highest BCUT2D eigenvalue weighted by molar-refractivity contribution is 7.89. The summed E-state index contributed by atoms with van der Waals surface area (Å²) in [5.41, 5.74) is 0.285. The first-order chi connectivity index (χ1) is 10.1. The van der Waals surface area contributed by atoms with Crippen LogP contribution < -0.4 is 4.72 Å². The maximum atomic E-state index is 13.2. The summed E-state index contributed by atoms with van der Waals surface area (Å²) in [5.74, 6) is -2.45. The SMILES string of the molecule is Cc1ccc(F)cc1S(=O)(=O)NC1CCCCC1C(F)(F)F. The van der Waals surface area contributed by atoms with Gasteiger partial charge in [0.25, 0.3) is 0 Å². The molecule has 0 heterocycles. The van der Waals surface area contributed by atoms with Crippen LogP contribution in [-0.4, -0.2) is 20.6 Å². The minimum atomic E-state index is -4.45. The van der Waals surface area contributed by atoms with Gasteiger partial charge in [-0.25, -0.2) is 17.5 Å². The van der Waals surface area contributed by atoms with Crippen LogP contribution >= 0.6 is 0 Å². The first-order valence-corrected chi connectivity index (χ1v) is 8.45. The van der Waals surface area contributed by atoms with Crippen molar-refractivity contribution in [2.75, 3.05) is 0 Å². The van der Waals surface area contributed by atoms with Crippen molar-refractivity contribution in [3.05, 3.63) is 29.6 Å². The molecule has 0 radical (unpaired) electrons. The van der Waals surface area contributed by atoms with Gasteiger partial charge < -0.3 is 0 Å². The molecule has 1 aliphatic carbocycles. The fourth-order valence-electron chi connectivity index (χ4n) is 2.79. The lowest BCUT2D eigenvalue weighted by Crippen LogP contribution is -2.47. The third-order valence-corrected chi connectivity index (χ3v) is 5.56. The van der Waals surface area contributed by atoms with Crippen LogP contribution in [0.4, 0.5) is 17.6 Å². The second-order valence-electron chi connectivity index (χ2n) is 5.57. The topological polar surface area (TPSA) is 46.2 Å². The van der Waals surface area contributed by atoms with Gasteiger partial charge in [-0.1, -0.05) is 18.9 Å². The Morgan fingerprint density at radius 3 is 2.45 bits per heavy atom. The smallest absolute Gasteiger partial charge is 0.207 e. The van der Waals surface area contributed by atoms with Gasteiger partial charge in [0.1, 0.15) is 5.82 Å². The molecular formula is C14H17F4NO2S. The first-order valence-electron chi connectivity index (χ1n) is 6.96. The van der Waals surface area contributed by atoms with Gasteiger partial charge in [0.05, 0.1) is 10.8 Å². The fraction of sp³-hybridized carbons (Fsp3) is 0.571. The van der Waals surface area contributed by atoms with Crippen LogP contribution in [0.1, 0.15) is 31.2 Å². The molecule has 3 nitrogen and oxygen atoms in total. The molecule has 2 unspecified atom stereocenters. The summed E-state index contributed by atoms with van der Waals surface area (Å²) in [5, 5.41) is 0. The summed E-state index contributed by atoms with van der Waals surface area (Å²) in [4.78, 5) is -0.320. The van der Waals surface area contributed by atoms with Gasteiger partial charge in [0.15, 0.2) is 0 Å². The lowest BCUT2D eigenvalue weighted by Gasteiger charge is -2.33. The third-order valence-electron chi connectivity index (χ3n) is 3.93. The molecule has 0 aromatic heterocycles. The van der Waals surface area contributed by atoms with Gasteiger partial charge in [0.2, 0.25) is 10.0 Å². The number of benzene rings is 1. The van der Waals surface area contributed by atoms with Crippen LogP contribution in [0.3, 0.4) is 0 Å². The molecule has 22 heavy (non-hydrogen) atoms. The molecule has 0 bridgehead atoms. The molecule has 0 saturated heterocycles. The molecule has 0 aliphatic heterocycles. The largest absolute Gasteiger partial charge is 0.393 e. The van der Waals surface area contributed by atoms with E-state index in [4.69, 9.17) is 0 Å². The standard InChI is InChI=1S/C14H17F4NO2S/c1-9-6-7-10(15)8-13(9)22(20,21)19-12-5-3-2-4-11(12)14(16,17)18/h6-8,11-12,19H,2-5H2,1H3. The summed E-state index contributed by atoms with van der Waals surface area (Å²) in [7, 11) is -4.20. The van der Waals surface area contributed by atoms with Gasteiger partial charge in [0, 0.05) is 6.04 Å². The molecule has 0 amide bonds. The fourth-order valence-corrected chi connectivity index (χ4v) is 4.36. The van der Waals surface area contributed by atoms with E-state index in [1.807, 2.05) is 0 Å². The predicted molar refractivity (Wildman–Crippen MR) is 73.3 cm³/mol. The Bertz CT molecular complexity index is 643. The average Bonchev–Trinajstić information content (AvgIpc) is 2.40. The van der Waals surface area contributed by atoms with Crippen LogP contribution in [0, 0.1) is 18.7 Å². The second kappa shape index (κ2) is 6.16. The minimum Gasteiger partial charge on any atom is -0.207 e. The number of hydrogen-bond acceptors (Lipinski definition) is 2. The highest BCUT2D eigenvalue weighted by Crippen LogP contribution is 2.38.